The number of carbonyl (C=O) groups excluding carboxylic acids is 1. The van der Waals surface area contributed by atoms with Gasteiger partial charge in [0.2, 0.25) is 0 Å². The number of carbonyl (C=O) groups is 2. The van der Waals surface area contributed by atoms with Gasteiger partial charge in [-0.15, -0.1) is 26.3 Å². The normalized spacial score (nSPS) is 15.7. The molecule has 10 rings (SSSR count). The summed E-state index contributed by atoms with van der Waals surface area (Å²) in [5, 5.41) is 8.98. The summed E-state index contributed by atoms with van der Waals surface area (Å²) in [6.07, 6.45) is -5.11. The lowest BCUT2D eigenvalue weighted by atomic mass is 10.0. The van der Waals surface area contributed by atoms with Crippen molar-refractivity contribution in [2.75, 3.05) is 58.9 Å². The van der Waals surface area contributed by atoms with Crippen molar-refractivity contribution in [1.29, 1.82) is 0 Å². The van der Waals surface area contributed by atoms with E-state index in [1.165, 1.54) is 36.4 Å². The second kappa shape index (κ2) is 24.5. The maximum absolute atomic E-state index is 15.2. The van der Waals surface area contributed by atoms with Crippen molar-refractivity contribution in [2.45, 2.75) is 85.7 Å². The minimum absolute atomic E-state index is 0.00260. The number of aromatic carboxylic acids is 1. The third kappa shape index (κ3) is 14.5. The number of alkyl halides is 6. The smallest absolute Gasteiger partial charge is 0.477 e. The summed E-state index contributed by atoms with van der Waals surface area (Å²) in [6.45, 7) is 15.2. The van der Waals surface area contributed by atoms with Crippen LogP contribution in [0.15, 0.2) is 122 Å². The molecular formula is C59H61F8N9O5. The summed E-state index contributed by atoms with van der Waals surface area (Å²) < 4.78 is 115. The van der Waals surface area contributed by atoms with E-state index in [0.717, 1.165) is 39.3 Å². The summed E-state index contributed by atoms with van der Waals surface area (Å²) in [5.74, 6) is -2.15. The number of aryl methyl sites for hydroxylation is 5. The van der Waals surface area contributed by atoms with Crippen LogP contribution in [-0.4, -0.2) is 99.7 Å². The number of hydrogen-bond acceptors (Lipinski definition) is 11. The molecule has 0 unspecified atom stereocenters. The first-order chi connectivity index (χ1) is 38.3. The minimum atomic E-state index is -4.73. The summed E-state index contributed by atoms with van der Waals surface area (Å²) in [5.41, 5.74) is 15.1. The van der Waals surface area contributed by atoms with Crippen LogP contribution in [0.1, 0.15) is 74.9 Å². The lowest BCUT2D eigenvalue weighted by molar-refractivity contribution is -0.275. The van der Waals surface area contributed by atoms with Crippen LogP contribution in [0.4, 0.5) is 57.9 Å². The van der Waals surface area contributed by atoms with Crippen LogP contribution in [0.5, 0.6) is 11.5 Å². The molecule has 2 fully saturated rings. The van der Waals surface area contributed by atoms with E-state index in [9.17, 15) is 40.3 Å². The number of anilines is 4. The van der Waals surface area contributed by atoms with Gasteiger partial charge in [0.1, 0.15) is 40.1 Å². The lowest BCUT2D eigenvalue weighted by Crippen LogP contribution is -2.52. The highest BCUT2D eigenvalue weighted by Crippen LogP contribution is 2.32. The highest BCUT2D eigenvalue weighted by atomic mass is 19.4. The van der Waals surface area contributed by atoms with Crippen molar-refractivity contribution >= 4 is 45.8 Å². The average Bonchev–Trinajstić information content (AvgIpc) is 3.94. The predicted octanol–water partition coefficient (Wildman–Crippen LogP) is 12.1. The Morgan fingerprint density at radius 1 is 0.593 bits per heavy atom. The molecule has 14 nitrogen and oxygen atoms in total. The molecule has 22 heteroatoms. The molecule has 8 aromatic rings. The van der Waals surface area contributed by atoms with Gasteiger partial charge in [0.25, 0.3) is 0 Å². The fourth-order valence-corrected chi connectivity index (χ4v) is 10.2. The van der Waals surface area contributed by atoms with Gasteiger partial charge in [-0.3, -0.25) is 13.6 Å². The molecule has 2 aliphatic heterocycles. The van der Waals surface area contributed by atoms with Gasteiger partial charge in [0, 0.05) is 88.1 Å². The van der Waals surface area contributed by atoms with E-state index in [-0.39, 0.29) is 59.7 Å². The fourth-order valence-electron chi connectivity index (χ4n) is 10.2. The van der Waals surface area contributed by atoms with Crippen molar-refractivity contribution in [1.82, 2.24) is 18.8 Å². The number of nitrogens with two attached hydrogens (primary N) is 1. The number of piperazine rings is 2. The minimum Gasteiger partial charge on any atom is -0.477 e. The third-order valence-corrected chi connectivity index (χ3v) is 14.0. The Morgan fingerprint density at radius 3 is 1.42 bits per heavy atom. The van der Waals surface area contributed by atoms with E-state index < -0.39 is 18.7 Å². The number of hydrogen-bond donors (Lipinski definition) is 2. The lowest BCUT2D eigenvalue weighted by Gasteiger charge is -2.42. The number of aromatic nitrogens is 4. The van der Waals surface area contributed by atoms with E-state index in [1.807, 2.05) is 91.4 Å². The molecule has 0 aliphatic carbocycles. The molecule has 2 saturated heterocycles. The number of imidazole rings is 2. The number of halogens is 8. The number of nitrogens with zero attached hydrogens (tertiary/aromatic N) is 8. The van der Waals surface area contributed by atoms with E-state index in [1.54, 1.807) is 53.9 Å². The monoisotopic (exact) mass is 1130 g/mol. The first-order valence-corrected chi connectivity index (χ1v) is 26.0. The largest absolute Gasteiger partial charge is 0.573 e. The molecule has 2 atom stereocenters. The quantitative estimate of drug-likeness (QED) is 0.0887. The van der Waals surface area contributed by atoms with E-state index in [0.29, 0.717) is 79.8 Å². The van der Waals surface area contributed by atoms with Crippen LogP contribution in [-0.2, 0) is 13.0 Å². The molecular weight excluding hydrogens is 1070 g/mol. The SMILES string of the molecule is C[C@H]1CN(c2ccc(CN)cc2F)CCN1c1ccc(OC(F)(F)F)cc1.Cc1ccc2nc(C)c(C(=O)CCc3ccc(N4CCN(c5ccc(OC(F)(F)F)cc5)[C@@H](C)C4)c(F)c3)n2c1.Cc1ccc2nc(C)c(C(=O)O)n2c1. The van der Waals surface area contributed by atoms with Gasteiger partial charge in [-0.1, -0.05) is 24.3 Å². The zero-order valence-corrected chi connectivity index (χ0v) is 45.3. The van der Waals surface area contributed by atoms with Gasteiger partial charge in [-0.05, 0) is 155 Å². The number of carboxylic acids is 1. The molecule has 4 aromatic carbocycles. The van der Waals surface area contributed by atoms with Crippen LogP contribution in [0.3, 0.4) is 0 Å². The van der Waals surface area contributed by atoms with Gasteiger partial charge < -0.3 is 39.9 Å². The number of carboxylic acid groups (broad SMARTS) is 1. The number of benzene rings is 4. The summed E-state index contributed by atoms with van der Waals surface area (Å²) in [7, 11) is 0. The number of ether oxygens (including phenoxy) is 2. The van der Waals surface area contributed by atoms with Gasteiger partial charge in [0.05, 0.1) is 22.8 Å². The van der Waals surface area contributed by atoms with Gasteiger partial charge in [-0.2, -0.15) is 0 Å². The number of ketones is 1. The van der Waals surface area contributed by atoms with Gasteiger partial charge in [-0.25, -0.2) is 23.5 Å². The summed E-state index contributed by atoms with van der Waals surface area (Å²) in [6, 6.07) is 29.3. The maximum Gasteiger partial charge on any atom is 0.573 e. The maximum atomic E-state index is 15.2. The first-order valence-electron chi connectivity index (χ1n) is 26.0. The zero-order valence-electron chi connectivity index (χ0n) is 45.3. The van der Waals surface area contributed by atoms with Crippen LogP contribution in [0.25, 0.3) is 11.3 Å². The van der Waals surface area contributed by atoms with Gasteiger partial charge >= 0.3 is 18.7 Å². The molecule has 0 bridgehead atoms. The molecule has 3 N–H and O–H groups in total. The number of rotatable bonds is 12. The molecule has 428 valence electrons. The topological polar surface area (TPSA) is 146 Å². The van der Waals surface area contributed by atoms with E-state index in [4.69, 9.17) is 10.8 Å². The Labute approximate surface area is 462 Å². The van der Waals surface area contributed by atoms with Crippen molar-refractivity contribution < 1.29 is 59.3 Å². The van der Waals surface area contributed by atoms with Crippen molar-refractivity contribution in [2.24, 2.45) is 5.73 Å². The van der Waals surface area contributed by atoms with Crippen molar-refractivity contribution in [3.8, 4) is 11.5 Å². The standard InChI is InChI=1S/C30H30F4N4O2.C19H21F4N3O.C10H10N2O2/c1-19-4-13-28-35-21(3)29(38(28)17-19)27(39)12-6-22-5-11-26(25(31)16-22)36-14-15-37(20(2)18-36)23-7-9-24(10-8-23)40-30(32,33)34;1-13-12-25(18-7-2-14(11-24)10-17(18)20)8-9-26(13)15-3-5-16(6-4-15)27-19(21,22)23;1-6-3-4-8-11-7(2)9(10(13)14)12(8)5-6/h4-5,7-11,13,16-17,20H,6,12,14-15,18H2,1-3H3;2-7,10,13H,8-9,11-12,24H2,1H3;3-5H,1-2H3,(H,13,14)/t20-;13-;/m00./s1. The molecule has 81 heavy (non-hydrogen) atoms. The average molecular weight is 1130 g/mol. The van der Waals surface area contributed by atoms with Gasteiger partial charge in [0.15, 0.2) is 11.5 Å². The number of pyridine rings is 2. The summed E-state index contributed by atoms with van der Waals surface area (Å²) in [4.78, 5) is 40.8. The fraction of sp³-hybridized carbons (Fsp3) is 0.322. The Hall–Kier alpha value is -8.40. The van der Waals surface area contributed by atoms with Crippen molar-refractivity contribution in [3.05, 3.63) is 178 Å². The zero-order chi connectivity index (χ0) is 58.5. The van der Waals surface area contributed by atoms with Crippen LogP contribution in [0, 0.1) is 39.3 Å². The molecule has 0 radical (unpaired) electrons. The van der Waals surface area contributed by atoms with Crippen LogP contribution < -0.4 is 34.8 Å². The summed E-state index contributed by atoms with van der Waals surface area (Å²) >= 11 is 0. The van der Waals surface area contributed by atoms with Crippen molar-refractivity contribution in [3.63, 3.8) is 0 Å². The molecule has 2 aliphatic rings. The molecule has 6 heterocycles. The third-order valence-electron chi connectivity index (χ3n) is 14.0. The Bertz CT molecular complexity index is 3510. The highest BCUT2D eigenvalue weighted by Gasteiger charge is 2.33. The second-order valence-electron chi connectivity index (χ2n) is 20.0. The molecule has 0 saturated carbocycles. The molecule has 4 aromatic heterocycles. The first kappa shape index (κ1) is 58.7. The number of fused-ring (bicyclic) bond motifs is 2. The van der Waals surface area contributed by atoms with Crippen LogP contribution >= 0.6 is 0 Å². The van der Waals surface area contributed by atoms with E-state index in [2.05, 4.69) is 29.2 Å². The molecule has 0 amide bonds. The second-order valence-corrected chi connectivity index (χ2v) is 20.0. The highest BCUT2D eigenvalue weighted by molar-refractivity contribution is 5.96. The Balaban J connectivity index is 0.000000179. The Morgan fingerprint density at radius 2 is 1.01 bits per heavy atom. The molecule has 0 spiro atoms. The van der Waals surface area contributed by atoms with Crippen LogP contribution in [0.2, 0.25) is 0 Å². The number of Topliss-reactive ketones (excluding diaryl/α,β-unsaturated/α-hetero) is 1. The Kier molecular flexibility index (Phi) is 17.8. The predicted molar refractivity (Wildman–Crippen MR) is 294 cm³/mol. The van der Waals surface area contributed by atoms with E-state index >= 15 is 4.39 Å².